The summed E-state index contributed by atoms with van der Waals surface area (Å²) in [5.74, 6) is 1.31. The minimum absolute atomic E-state index is 0.167. The highest BCUT2D eigenvalue weighted by Crippen LogP contribution is 2.31. The van der Waals surface area contributed by atoms with Crippen molar-refractivity contribution in [2.75, 3.05) is 14.2 Å². The van der Waals surface area contributed by atoms with Gasteiger partial charge in [0.05, 0.1) is 19.9 Å². The van der Waals surface area contributed by atoms with Gasteiger partial charge >= 0.3 is 0 Å². The van der Waals surface area contributed by atoms with Gasteiger partial charge in [-0.2, -0.15) is 5.10 Å². The maximum Gasteiger partial charge on any atom is 0.271 e. The van der Waals surface area contributed by atoms with Gasteiger partial charge in [0.1, 0.15) is 11.5 Å². The number of ether oxygens (including phenoxy) is 2. The predicted octanol–water partition coefficient (Wildman–Crippen LogP) is 0.923. The number of aromatic nitrogens is 2. The number of nitrogens with two attached hydrogens (primary N) is 1. The van der Waals surface area contributed by atoms with Gasteiger partial charge in [0, 0.05) is 30.8 Å². The van der Waals surface area contributed by atoms with E-state index in [2.05, 4.69) is 5.10 Å². The van der Waals surface area contributed by atoms with E-state index >= 15 is 0 Å². The zero-order chi connectivity index (χ0) is 14.7. The maximum absolute atomic E-state index is 11.8. The van der Waals surface area contributed by atoms with Gasteiger partial charge < -0.3 is 15.2 Å². The van der Waals surface area contributed by atoms with Gasteiger partial charge in [-0.05, 0) is 18.2 Å². The largest absolute Gasteiger partial charge is 0.497 e. The molecule has 0 aliphatic rings. The molecule has 6 heteroatoms. The molecule has 0 radical (unpaired) electrons. The first-order valence-electron chi connectivity index (χ1n) is 6.10. The van der Waals surface area contributed by atoms with Crippen LogP contribution >= 0.6 is 0 Å². The van der Waals surface area contributed by atoms with E-state index in [9.17, 15) is 4.79 Å². The summed E-state index contributed by atoms with van der Waals surface area (Å²) in [6.07, 6.45) is 0. The third-order valence-corrected chi connectivity index (χ3v) is 3.04. The van der Waals surface area contributed by atoms with E-state index in [4.69, 9.17) is 15.2 Å². The molecule has 20 heavy (non-hydrogen) atoms. The van der Waals surface area contributed by atoms with E-state index in [1.54, 1.807) is 33.4 Å². The zero-order valence-corrected chi connectivity index (χ0v) is 11.7. The minimum atomic E-state index is -0.191. The molecule has 0 saturated carbocycles. The highest BCUT2D eigenvalue weighted by Gasteiger charge is 2.12. The highest BCUT2D eigenvalue weighted by molar-refractivity contribution is 5.68. The molecule has 2 rings (SSSR count). The van der Waals surface area contributed by atoms with Crippen molar-refractivity contribution in [1.82, 2.24) is 9.78 Å². The van der Waals surface area contributed by atoms with Crippen LogP contribution in [0.25, 0.3) is 11.3 Å². The third-order valence-electron chi connectivity index (χ3n) is 3.04. The van der Waals surface area contributed by atoms with E-state index in [1.165, 1.54) is 4.68 Å². The molecule has 0 amide bonds. The van der Waals surface area contributed by atoms with Crippen LogP contribution < -0.4 is 20.8 Å². The molecule has 0 bridgehead atoms. The molecule has 106 valence electrons. The van der Waals surface area contributed by atoms with Crippen LogP contribution in [0, 0.1) is 0 Å². The van der Waals surface area contributed by atoms with Crippen molar-refractivity contribution in [3.63, 3.8) is 0 Å². The van der Waals surface area contributed by atoms with Gasteiger partial charge in [-0.15, -0.1) is 0 Å². The number of hydrogen-bond donors (Lipinski definition) is 1. The lowest BCUT2D eigenvalue weighted by molar-refractivity contribution is 0.395. The summed E-state index contributed by atoms with van der Waals surface area (Å²) >= 11 is 0. The molecule has 1 aromatic carbocycles. The summed E-state index contributed by atoms with van der Waals surface area (Å²) in [6, 6.07) is 7.11. The molecule has 1 heterocycles. The second-order valence-corrected chi connectivity index (χ2v) is 4.25. The Morgan fingerprint density at radius 3 is 2.60 bits per heavy atom. The Bertz CT molecular complexity index is 680. The quantitative estimate of drug-likeness (QED) is 0.897. The molecule has 2 aromatic rings. The van der Waals surface area contributed by atoms with Crippen molar-refractivity contribution in [2.24, 2.45) is 12.8 Å². The molecular formula is C14H17N3O3. The standard InChI is InChI=1S/C14H17N3O3/c1-17-14(18)9(8-15)6-12(16-17)11-5-4-10(19-2)7-13(11)20-3/h4-7H,8,15H2,1-3H3. The fourth-order valence-electron chi connectivity index (χ4n) is 1.96. The van der Waals surface area contributed by atoms with E-state index in [0.29, 0.717) is 22.8 Å². The van der Waals surface area contributed by atoms with Crippen LogP contribution in [0.2, 0.25) is 0 Å². The summed E-state index contributed by atoms with van der Waals surface area (Å²) in [5.41, 5.74) is 7.32. The summed E-state index contributed by atoms with van der Waals surface area (Å²) in [7, 11) is 4.76. The van der Waals surface area contributed by atoms with Crippen LogP contribution in [-0.4, -0.2) is 24.0 Å². The average Bonchev–Trinajstić information content (AvgIpc) is 2.49. The molecule has 0 unspecified atom stereocenters. The molecule has 0 fully saturated rings. The second-order valence-electron chi connectivity index (χ2n) is 4.25. The molecule has 2 N–H and O–H groups in total. The molecule has 0 spiro atoms. The third kappa shape index (κ3) is 2.50. The van der Waals surface area contributed by atoms with Crippen LogP contribution in [0.15, 0.2) is 29.1 Å². The van der Waals surface area contributed by atoms with E-state index in [1.807, 2.05) is 12.1 Å². The lowest BCUT2D eigenvalue weighted by Gasteiger charge is -2.11. The molecule has 0 aliphatic heterocycles. The number of benzene rings is 1. The Morgan fingerprint density at radius 2 is 2.00 bits per heavy atom. The Morgan fingerprint density at radius 1 is 1.25 bits per heavy atom. The van der Waals surface area contributed by atoms with Crippen LogP contribution in [0.1, 0.15) is 5.56 Å². The first-order valence-corrected chi connectivity index (χ1v) is 6.10. The summed E-state index contributed by atoms with van der Waals surface area (Å²) < 4.78 is 11.8. The molecule has 1 aromatic heterocycles. The lowest BCUT2D eigenvalue weighted by atomic mass is 10.1. The van der Waals surface area contributed by atoms with Gasteiger partial charge in [-0.3, -0.25) is 4.79 Å². The minimum Gasteiger partial charge on any atom is -0.497 e. The zero-order valence-electron chi connectivity index (χ0n) is 11.7. The molecule has 0 atom stereocenters. The fraction of sp³-hybridized carbons (Fsp3) is 0.286. The molecule has 0 aliphatic carbocycles. The Kier molecular flexibility index (Phi) is 4.05. The predicted molar refractivity (Wildman–Crippen MR) is 75.9 cm³/mol. The number of rotatable bonds is 4. The van der Waals surface area contributed by atoms with Crippen molar-refractivity contribution < 1.29 is 9.47 Å². The smallest absolute Gasteiger partial charge is 0.271 e. The monoisotopic (exact) mass is 275 g/mol. The summed E-state index contributed by atoms with van der Waals surface area (Å²) in [6.45, 7) is 0.167. The van der Waals surface area contributed by atoms with Gasteiger partial charge in [0.25, 0.3) is 5.56 Å². The Hall–Kier alpha value is -2.34. The van der Waals surface area contributed by atoms with Crippen molar-refractivity contribution in [2.45, 2.75) is 6.54 Å². The topological polar surface area (TPSA) is 79.4 Å². The summed E-state index contributed by atoms with van der Waals surface area (Å²) in [4.78, 5) is 11.8. The van der Waals surface area contributed by atoms with Crippen molar-refractivity contribution in [3.8, 4) is 22.8 Å². The first-order chi connectivity index (χ1) is 9.60. The van der Waals surface area contributed by atoms with Gasteiger partial charge in [-0.1, -0.05) is 0 Å². The number of nitrogens with zero attached hydrogens (tertiary/aromatic N) is 2. The van der Waals surface area contributed by atoms with Crippen LogP contribution in [0.4, 0.5) is 0 Å². The number of aryl methyl sites for hydroxylation is 1. The molecular weight excluding hydrogens is 258 g/mol. The van der Waals surface area contributed by atoms with E-state index in [0.717, 1.165) is 5.56 Å². The van der Waals surface area contributed by atoms with Crippen molar-refractivity contribution in [3.05, 3.63) is 40.2 Å². The first kappa shape index (κ1) is 14.1. The Balaban J connectivity index is 2.62. The normalized spacial score (nSPS) is 10.4. The highest BCUT2D eigenvalue weighted by atomic mass is 16.5. The fourth-order valence-corrected chi connectivity index (χ4v) is 1.96. The molecule has 0 saturated heterocycles. The van der Waals surface area contributed by atoms with Crippen LogP contribution in [-0.2, 0) is 13.6 Å². The van der Waals surface area contributed by atoms with Gasteiger partial charge in [0.2, 0.25) is 0 Å². The Labute approximate surface area is 116 Å². The van der Waals surface area contributed by atoms with E-state index < -0.39 is 0 Å². The number of hydrogen-bond acceptors (Lipinski definition) is 5. The van der Waals surface area contributed by atoms with Crippen LogP contribution in [0.5, 0.6) is 11.5 Å². The SMILES string of the molecule is COc1ccc(-c2cc(CN)c(=O)n(C)n2)c(OC)c1. The second kappa shape index (κ2) is 5.75. The van der Waals surface area contributed by atoms with Crippen molar-refractivity contribution in [1.29, 1.82) is 0 Å². The van der Waals surface area contributed by atoms with E-state index in [-0.39, 0.29) is 12.1 Å². The van der Waals surface area contributed by atoms with Crippen LogP contribution in [0.3, 0.4) is 0 Å². The lowest BCUT2D eigenvalue weighted by Crippen LogP contribution is -2.25. The maximum atomic E-state index is 11.8. The van der Waals surface area contributed by atoms with Gasteiger partial charge in [0.15, 0.2) is 0 Å². The van der Waals surface area contributed by atoms with Crippen molar-refractivity contribution >= 4 is 0 Å². The summed E-state index contributed by atoms with van der Waals surface area (Å²) in [5, 5.41) is 4.24. The number of methoxy groups -OCH3 is 2. The molecule has 6 nitrogen and oxygen atoms in total. The average molecular weight is 275 g/mol. The van der Waals surface area contributed by atoms with Gasteiger partial charge in [-0.25, -0.2) is 4.68 Å².